The first kappa shape index (κ1) is 18.5. The van der Waals surface area contributed by atoms with E-state index in [0.29, 0.717) is 22.7 Å². The number of benzene rings is 1. The van der Waals surface area contributed by atoms with E-state index in [0.717, 1.165) is 16.9 Å². The van der Waals surface area contributed by atoms with Crippen LogP contribution in [0.1, 0.15) is 18.0 Å². The predicted octanol–water partition coefficient (Wildman–Crippen LogP) is 3.35. The third-order valence-electron chi connectivity index (χ3n) is 4.51. The summed E-state index contributed by atoms with van der Waals surface area (Å²) in [4.78, 5) is 12.4. The molecule has 1 atom stereocenters. The SMILES string of the molecule is C=CC(=O)NC1CCN(S(=O)(=O)c2ccc(-c3ccno3)s2)c2ccccc21. The first-order valence-corrected chi connectivity index (χ1v) is 10.8. The van der Waals surface area contributed by atoms with Crippen LogP contribution in [0.2, 0.25) is 0 Å². The van der Waals surface area contributed by atoms with Crippen LogP contribution >= 0.6 is 11.3 Å². The summed E-state index contributed by atoms with van der Waals surface area (Å²) in [5.41, 5.74) is 1.33. The van der Waals surface area contributed by atoms with E-state index in [1.807, 2.05) is 12.1 Å². The molecule has 0 fully saturated rings. The maximum atomic E-state index is 13.3. The van der Waals surface area contributed by atoms with Crippen LogP contribution in [0, 0.1) is 0 Å². The fraction of sp³-hybridized carbons (Fsp3) is 0.158. The molecule has 0 bridgehead atoms. The average molecular weight is 415 g/mol. The van der Waals surface area contributed by atoms with Crippen LogP contribution < -0.4 is 9.62 Å². The Morgan fingerprint density at radius 2 is 2.11 bits per heavy atom. The fourth-order valence-electron chi connectivity index (χ4n) is 3.20. The first-order valence-electron chi connectivity index (χ1n) is 8.56. The molecular formula is C19H17N3O4S2. The van der Waals surface area contributed by atoms with E-state index in [9.17, 15) is 13.2 Å². The van der Waals surface area contributed by atoms with Crippen LogP contribution in [0.25, 0.3) is 10.6 Å². The van der Waals surface area contributed by atoms with Crippen LogP contribution in [0.4, 0.5) is 5.69 Å². The van der Waals surface area contributed by atoms with Crippen LogP contribution in [-0.4, -0.2) is 26.0 Å². The number of fused-ring (bicyclic) bond motifs is 1. The summed E-state index contributed by atoms with van der Waals surface area (Å²) in [6, 6.07) is 11.9. The highest BCUT2D eigenvalue weighted by atomic mass is 32.2. The highest BCUT2D eigenvalue weighted by Crippen LogP contribution is 2.39. The number of para-hydroxylation sites is 1. The highest BCUT2D eigenvalue weighted by molar-refractivity contribution is 7.94. The van der Waals surface area contributed by atoms with E-state index in [1.54, 1.807) is 30.3 Å². The molecule has 0 radical (unpaired) electrons. The number of thiophene rings is 1. The molecule has 9 heteroatoms. The minimum atomic E-state index is -3.75. The lowest BCUT2D eigenvalue weighted by molar-refractivity contribution is -0.117. The number of amides is 1. The Balaban J connectivity index is 1.69. The number of nitrogens with one attached hydrogen (secondary N) is 1. The lowest BCUT2D eigenvalue weighted by atomic mass is 9.98. The summed E-state index contributed by atoms with van der Waals surface area (Å²) in [7, 11) is -3.75. The van der Waals surface area contributed by atoms with E-state index < -0.39 is 10.0 Å². The number of carbonyl (C=O) groups is 1. The Bertz CT molecular complexity index is 1120. The van der Waals surface area contributed by atoms with Gasteiger partial charge in [-0.3, -0.25) is 9.10 Å². The number of rotatable bonds is 5. The summed E-state index contributed by atoms with van der Waals surface area (Å²) in [6.45, 7) is 3.73. The zero-order valence-electron chi connectivity index (χ0n) is 14.7. The molecule has 144 valence electrons. The van der Waals surface area contributed by atoms with Crippen LogP contribution in [-0.2, 0) is 14.8 Å². The lowest BCUT2D eigenvalue weighted by Gasteiger charge is -2.34. The molecule has 1 aliphatic heterocycles. The maximum Gasteiger partial charge on any atom is 0.273 e. The van der Waals surface area contributed by atoms with Gasteiger partial charge in [0, 0.05) is 12.6 Å². The second-order valence-electron chi connectivity index (χ2n) is 6.19. The van der Waals surface area contributed by atoms with Gasteiger partial charge in [0.1, 0.15) is 4.21 Å². The van der Waals surface area contributed by atoms with Gasteiger partial charge < -0.3 is 9.84 Å². The topological polar surface area (TPSA) is 92.5 Å². The van der Waals surface area contributed by atoms with Crippen LogP contribution in [0.5, 0.6) is 0 Å². The van der Waals surface area contributed by atoms with Gasteiger partial charge in [-0.1, -0.05) is 29.9 Å². The molecule has 1 aliphatic rings. The molecule has 0 saturated heterocycles. The van der Waals surface area contributed by atoms with Crippen molar-refractivity contribution in [2.75, 3.05) is 10.8 Å². The van der Waals surface area contributed by atoms with Gasteiger partial charge in [-0.2, -0.15) is 0 Å². The summed E-state index contributed by atoms with van der Waals surface area (Å²) in [5.74, 6) is 0.240. The molecule has 7 nitrogen and oxygen atoms in total. The van der Waals surface area contributed by atoms with Crippen LogP contribution in [0.15, 0.2) is 70.0 Å². The minimum absolute atomic E-state index is 0.224. The van der Waals surface area contributed by atoms with Crippen molar-refractivity contribution < 1.29 is 17.7 Å². The standard InChI is InChI=1S/C19H17N3O4S2/c1-2-18(23)21-14-10-12-22(15-6-4-3-5-13(14)15)28(24,25)19-8-7-17(27-19)16-9-11-20-26-16/h2-9,11,14H,1,10,12H2,(H,21,23). The maximum absolute atomic E-state index is 13.3. The largest absolute Gasteiger partial charge is 0.355 e. The minimum Gasteiger partial charge on any atom is -0.355 e. The molecule has 1 N–H and O–H groups in total. The quantitative estimate of drug-likeness (QED) is 0.645. The van der Waals surface area contributed by atoms with Crippen LogP contribution in [0.3, 0.4) is 0 Å². The lowest BCUT2D eigenvalue weighted by Crippen LogP contribution is -2.40. The van der Waals surface area contributed by atoms with E-state index in [1.165, 1.54) is 16.6 Å². The van der Waals surface area contributed by atoms with Gasteiger partial charge in [0.15, 0.2) is 5.76 Å². The van der Waals surface area contributed by atoms with Gasteiger partial charge in [0.2, 0.25) is 5.91 Å². The smallest absolute Gasteiger partial charge is 0.273 e. The van der Waals surface area contributed by atoms with Gasteiger partial charge in [-0.05, 0) is 36.3 Å². The van der Waals surface area contributed by atoms with Crippen molar-refractivity contribution in [3.8, 4) is 10.6 Å². The Morgan fingerprint density at radius 1 is 1.29 bits per heavy atom. The monoisotopic (exact) mass is 415 g/mol. The molecule has 28 heavy (non-hydrogen) atoms. The fourth-order valence-corrected chi connectivity index (χ4v) is 6.09. The summed E-state index contributed by atoms with van der Waals surface area (Å²) >= 11 is 1.13. The number of hydrogen-bond acceptors (Lipinski definition) is 6. The third kappa shape index (κ3) is 3.23. The van der Waals surface area contributed by atoms with Crippen molar-refractivity contribution in [2.45, 2.75) is 16.7 Å². The van der Waals surface area contributed by atoms with E-state index in [-0.39, 0.29) is 22.7 Å². The van der Waals surface area contributed by atoms with Gasteiger partial charge in [0.05, 0.1) is 22.8 Å². The molecule has 4 rings (SSSR count). The molecule has 1 amide bonds. The molecule has 0 saturated carbocycles. The molecule has 0 aliphatic carbocycles. The molecule has 1 aromatic carbocycles. The van der Waals surface area contributed by atoms with Crippen molar-refractivity contribution >= 4 is 33.0 Å². The number of aromatic nitrogens is 1. The van der Waals surface area contributed by atoms with Crippen molar-refractivity contribution in [2.24, 2.45) is 0 Å². The van der Waals surface area contributed by atoms with Gasteiger partial charge >= 0.3 is 0 Å². The Kier molecular flexibility index (Phi) is 4.78. The average Bonchev–Trinajstić information content (AvgIpc) is 3.39. The van der Waals surface area contributed by atoms with E-state index in [2.05, 4.69) is 17.1 Å². The zero-order chi connectivity index (χ0) is 19.7. The number of anilines is 1. The second-order valence-corrected chi connectivity index (χ2v) is 9.36. The highest BCUT2D eigenvalue weighted by Gasteiger charge is 2.34. The molecule has 3 aromatic rings. The molecule has 0 spiro atoms. The predicted molar refractivity (Wildman–Crippen MR) is 106 cm³/mol. The summed E-state index contributed by atoms with van der Waals surface area (Å²) in [6.07, 6.45) is 3.19. The normalized spacial score (nSPS) is 16.4. The molecule has 3 heterocycles. The molecular weight excluding hydrogens is 398 g/mol. The first-order chi connectivity index (χ1) is 13.5. The number of hydrogen-bond donors (Lipinski definition) is 1. The zero-order valence-corrected chi connectivity index (χ0v) is 16.4. The van der Waals surface area contributed by atoms with Gasteiger partial charge in [-0.15, -0.1) is 11.3 Å². The number of nitrogens with zero attached hydrogens (tertiary/aromatic N) is 2. The third-order valence-corrected chi connectivity index (χ3v) is 7.89. The van der Waals surface area contributed by atoms with Gasteiger partial charge in [-0.25, -0.2) is 8.42 Å². The van der Waals surface area contributed by atoms with E-state index in [4.69, 9.17) is 4.52 Å². The Morgan fingerprint density at radius 3 is 2.86 bits per heavy atom. The number of carbonyl (C=O) groups excluding carboxylic acids is 1. The Labute approximate surface area is 166 Å². The van der Waals surface area contributed by atoms with Crippen molar-refractivity contribution in [3.05, 3.63) is 66.9 Å². The Hall–Kier alpha value is -2.91. The molecule has 2 aromatic heterocycles. The van der Waals surface area contributed by atoms with Crippen molar-refractivity contribution in [3.63, 3.8) is 0 Å². The molecule has 1 unspecified atom stereocenters. The summed E-state index contributed by atoms with van der Waals surface area (Å²) < 4.78 is 33.3. The van der Waals surface area contributed by atoms with Crippen molar-refractivity contribution in [1.82, 2.24) is 10.5 Å². The number of sulfonamides is 1. The van der Waals surface area contributed by atoms with Gasteiger partial charge in [0.25, 0.3) is 10.0 Å². The van der Waals surface area contributed by atoms with Crippen molar-refractivity contribution in [1.29, 1.82) is 0 Å². The summed E-state index contributed by atoms with van der Waals surface area (Å²) in [5, 5.41) is 6.52. The second kappa shape index (κ2) is 7.25. The van der Waals surface area contributed by atoms with E-state index >= 15 is 0 Å².